The summed E-state index contributed by atoms with van der Waals surface area (Å²) >= 11 is 0. The van der Waals surface area contributed by atoms with E-state index in [0.717, 1.165) is 25.7 Å². The van der Waals surface area contributed by atoms with Crippen LogP contribution in [0.3, 0.4) is 0 Å². The van der Waals surface area contributed by atoms with E-state index in [2.05, 4.69) is 12.2 Å². The lowest BCUT2D eigenvalue weighted by atomic mass is 10.1. The average molecular weight is 242 g/mol. The number of rotatable bonds is 11. The Kier molecular flexibility index (Phi) is 10.7. The van der Waals surface area contributed by atoms with Gasteiger partial charge in [-0.15, -0.1) is 0 Å². The van der Waals surface area contributed by atoms with Crippen LogP contribution in [0.2, 0.25) is 0 Å². The summed E-state index contributed by atoms with van der Waals surface area (Å²) < 4.78 is 0. The van der Waals surface area contributed by atoms with Gasteiger partial charge in [0.2, 0.25) is 11.8 Å². The Bertz CT molecular complexity index is 217. The van der Waals surface area contributed by atoms with Crippen LogP contribution in [-0.2, 0) is 9.59 Å². The fourth-order valence-electron chi connectivity index (χ4n) is 1.63. The van der Waals surface area contributed by atoms with Crippen LogP contribution in [0.15, 0.2) is 0 Å². The third kappa shape index (κ3) is 12.9. The van der Waals surface area contributed by atoms with Gasteiger partial charge in [-0.25, -0.2) is 0 Å². The Morgan fingerprint density at radius 1 is 0.941 bits per heavy atom. The van der Waals surface area contributed by atoms with Crippen molar-refractivity contribution in [3.63, 3.8) is 0 Å². The van der Waals surface area contributed by atoms with Gasteiger partial charge in [0.1, 0.15) is 0 Å². The van der Waals surface area contributed by atoms with Gasteiger partial charge in [-0.2, -0.15) is 0 Å². The highest BCUT2D eigenvalue weighted by molar-refractivity contribution is 5.75. The van der Waals surface area contributed by atoms with E-state index in [1.165, 1.54) is 19.3 Å². The van der Waals surface area contributed by atoms with Gasteiger partial charge in [0, 0.05) is 19.4 Å². The van der Waals surface area contributed by atoms with E-state index in [4.69, 9.17) is 5.73 Å². The van der Waals surface area contributed by atoms with Gasteiger partial charge < -0.3 is 11.1 Å². The molecule has 0 aliphatic rings. The van der Waals surface area contributed by atoms with E-state index in [-0.39, 0.29) is 11.8 Å². The van der Waals surface area contributed by atoms with Crippen LogP contribution < -0.4 is 11.1 Å². The first kappa shape index (κ1) is 15.9. The molecule has 2 amide bonds. The minimum absolute atomic E-state index is 0.126. The maximum Gasteiger partial charge on any atom is 0.219 e. The van der Waals surface area contributed by atoms with Crippen molar-refractivity contribution in [3.05, 3.63) is 0 Å². The van der Waals surface area contributed by atoms with Crippen molar-refractivity contribution in [2.75, 3.05) is 6.54 Å². The number of primary amides is 1. The molecule has 0 fully saturated rings. The number of nitrogens with two attached hydrogens (primary N) is 1. The first-order chi connectivity index (χ1) is 8.16. The molecule has 0 spiro atoms. The van der Waals surface area contributed by atoms with Gasteiger partial charge in [0.15, 0.2) is 0 Å². The number of nitrogens with one attached hydrogen (secondary N) is 1. The lowest BCUT2D eigenvalue weighted by molar-refractivity contribution is -0.121. The van der Waals surface area contributed by atoms with Crippen molar-refractivity contribution in [2.24, 2.45) is 5.73 Å². The van der Waals surface area contributed by atoms with Crippen molar-refractivity contribution in [1.82, 2.24) is 5.32 Å². The Balaban J connectivity index is 3.20. The first-order valence-electron chi connectivity index (χ1n) is 6.71. The molecule has 4 heteroatoms. The maximum absolute atomic E-state index is 11.4. The normalized spacial score (nSPS) is 10.2. The molecule has 0 unspecified atom stereocenters. The third-order valence-electron chi connectivity index (χ3n) is 2.68. The molecule has 17 heavy (non-hydrogen) atoms. The summed E-state index contributed by atoms with van der Waals surface area (Å²) in [5.41, 5.74) is 5.01. The van der Waals surface area contributed by atoms with Gasteiger partial charge in [-0.1, -0.05) is 32.6 Å². The zero-order chi connectivity index (χ0) is 12.9. The van der Waals surface area contributed by atoms with Gasteiger partial charge in [0.25, 0.3) is 0 Å². The molecule has 0 aromatic heterocycles. The molecule has 0 atom stereocenters. The Labute approximate surface area is 104 Å². The van der Waals surface area contributed by atoms with Crippen molar-refractivity contribution < 1.29 is 9.59 Å². The van der Waals surface area contributed by atoms with Crippen LogP contribution in [0.4, 0.5) is 0 Å². The van der Waals surface area contributed by atoms with E-state index >= 15 is 0 Å². The van der Waals surface area contributed by atoms with Gasteiger partial charge in [-0.05, 0) is 19.3 Å². The molecule has 100 valence electrons. The average Bonchev–Trinajstić information content (AvgIpc) is 2.28. The molecule has 0 rings (SSSR count). The number of hydrogen-bond donors (Lipinski definition) is 2. The SMILES string of the molecule is CCCCCCCC(=O)NCCCCC(N)=O. The number of carbonyl (C=O) groups excluding carboxylic acids is 2. The van der Waals surface area contributed by atoms with Crippen LogP contribution in [0.1, 0.15) is 64.7 Å². The van der Waals surface area contributed by atoms with E-state index in [0.29, 0.717) is 19.4 Å². The quantitative estimate of drug-likeness (QED) is 0.545. The van der Waals surface area contributed by atoms with Crippen LogP contribution >= 0.6 is 0 Å². The van der Waals surface area contributed by atoms with E-state index in [9.17, 15) is 9.59 Å². The third-order valence-corrected chi connectivity index (χ3v) is 2.68. The minimum atomic E-state index is -0.271. The molecule has 0 aliphatic carbocycles. The summed E-state index contributed by atoms with van der Waals surface area (Å²) in [4.78, 5) is 21.8. The van der Waals surface area contributed by atoms with Crippen molar-refractivity contribution >= 4 is 11.8 Å². The topological polar surface area (TPSA) is 72.2 Å². The summed E-state index contributed by atoms with van der Waals surface area (Å²) in [6, 6.07) is 0. The summed E-state index contributed by atoms with van der Waals surface area (Å²) in [6.07, 6.45) is 8.45. The van der Waals surface area contributed by atoms with Crippen LogP contribution in [0.25, 0.3) is 0 Å². The fraction of sp³-hybridized carbons (Fsp3) is 0.846. The first-order valence-corrected chi connectivity index (χ1v) is 6.71. The molecule has 0 bridgehead atoms. The molecule has 0 saturated carbocycles. The fourth-order valence-corrected chi connectivity index (χ4v) is 1.63. The second-order valence-electron chi connectivity index (χ2n) is 4.44. The standard InChI is InChI=1S/C13H26N2O2/c1-2-3-4-5-6-10-13(17)15-11-8-7-9-12(14)16/h2-11H2,1H3,(H2,14,16)(H,15,17). The van der Waals surface area contributed by atoms with Crippen LogP contribution in [-0.4, -0.2) is 18.4 Å². The monoisotopic (exact) mass is 242 g/mol. The number of hydrogen-bond acceptors (Lipinski definition) is 2. The zero-order valence-corrected chi connectivity index (χ0v) is 11.0. The molecule has 0 aromatic rings. The second-order valence-corrected chi connectivity index (χ2v) is 4.44. The molecule has 4 nitrogen and oxygen atoms in total. The Morgan fingerprint density at radius 3 is 2.24 bits per heavy atom. The molecule has 0 heterocycles. The molecule has 0 radical (unpaired) electrons. The van der Waals surface area contributed by atoms with Crippen molar-refractivity contribution in [2.45, 2.75) is 64.7 Å². The second kappa shape index (κ2) is 11.4. The number of carbonyl (C=O) groups is 2. The van der Waals surface area contributed by atoms with Gasteiger partial charge in [0.05, 0.1) is 0 Å². The molecule has 0 aliphatic heterocycles. The van der Waals surface area contributed by atoms with Crippen LogP contribution in [0.5, 0.6) is 0 Å². The van der Waals surface area contributed by atoms with Crippen molar-refractivity contribution in [3.8, 4) is 0 Å². The Morgan fingerprint density at radius 2 is 1.59 bits per heavy atom. The van der Waals surface area contributed by atoms with Crippen LogP contribution in [0, 0.1) is 0 Å². The van der Waals surface area contributed by atoms with E-state index < -0.39 is 0 Å². The highest BCUT2D eigenvalue weighted by Crippen LogP contribution is 2.04. The van der Waals surface area contributed by atoms with Crippen molar-refractivity contribution in [1.29, 1.82) is 0 Å². The number of unbranched alkanes of at least 4 members (excludes halogenated alkanes) is 5. The number of amides is 2. The summed E-state index contributed by atoms with van der Waals surface area (Å²) in [7, 11) is 0. The lowest BCUT2D eigenvalue weighted by Crippen LogP contribution is -2.24. The van der Waals surface area contributed by atoms with Gasteiger partial charge in [-0.3, -0.25) is 9.59 Å². The predicted molar refractivity (Wildman–Crippen MR) is 69.4 cm³/mol. The summed E-state index contributed by atoms with van der Waals surface area (Å²) in [5, 5.41) is 2.86. The smallest absolute Gasteiger partial charge is 0.219 e. The maximum atomic E-state index is 11.4. The molecule has 3 N–H and O–H groups in total. The predicted octanol–water partition coefficient (Wildman–Crippen LogP) is 2.12. The van der Waals surface area contributed by atoms with Gasteiger partial charge >= 0.3 is 0 Å². The minimum Gasteiger partial charge on any atom is -0.370 e. The zero-order valence-electron chi connectivity index (χ0n) is 11.0. The molecule has 0 saturated heterocycles. The molecular formula is C13H26N2O2. The van der Waals surface area contributed by atoms with E-state index in [1.807, 2.05) is 0 Å². The largest absolute Gasteiger partial charge is 0.370 e. The molecular weight excluding hydrogens is 216 g/mol. The highest BCUT2D eigenvalue weighted by atomic mass is 16.1. The molecule has 0 aromatic carbocycles. The van der Waals surface area contributed by atoms with E-state index in [1.54, 1.807) is 0 Å². The summed E-state index contributed by atoms with van der Waals surface area (Å²) in [5.74, 6) is -0.146. The Hall–Kier alpha value is -1.06. The highest BCUT2D eigenvalue weighted by Gasteiger charge is 2.00. The summed E-state index contributed by atoms with van der Waals surface area (Å²) in [6.45, 7) is 2.83. The lowest BCUT2D eigenvalue weighted by Gasteiger charge is -2.04.